The smallest absolute Gasteiger partial charge is 0.276 e. The molecule has 1 radical (unpaired) electrons. The van der Waals surface area contributed by atoms with Crippen molar-refractivity contribution in [2.24, 2.45) is 12.0 Å². The van der Waals surface area contributed by atoms with Crippen molar-refractivity contribution < 1.29 is 17.5 Å². The first-order valence-corrected chi connectivity index (χ1v) is 11.5. The predicted octanol–water partition coefficient (Wildman–Crippen LogP) is 2.49. The van der Waals surface area contributed by atoms with Crippen molar-refractivity contribution in [3.8, 4) is 22.6 Å². The molecule has 0 amide bonds. The van der Waals surface area contributed by atoms with Crippen molar-refractivity contribution in [2.75, 3.05) is 5.75 Å². The Morgan fingerprint density at radius 2 is 1.87 bits per heavy atom. The number of nitrogens with zero attached hydrogens (tertiary/aromatic N) is 2. The summed E-state index contributed by atoms with van der Waals surface area (Å²) in [5.41, 5.74) is 1.50. The van der Waals surface area contributed by atoms with E-state index in [0.29, 0.717) is 33.0 Å². The van der Waals surface area contributed by atoms with Crippen molar-refractivity contribution in [3.63, 3.8) is 0 Å². The molecule has 0 saturated heterocycles. The average molecular weight is 439 g/mol. The number of pyridine rings is 1. The van der Waals surface area contributed by atoms with Crippen LogP contribution in [0.25, 0.3) is 17.2 Å². The third kappa shape index (κ3) is 4.16. The average Bonchev–Trinajstić information content (AvgIpc) is 3.23. The van der Waals surface area contributed by atoms with Crippen LogP contribution in [0.2, 0.25) is 0 Å². The molecule has 31 heavy (non-hydrogen) atoms. The van der Waals surface area contributed by atoms with Crippen molar-refractivity contribution in [1.82, 2.24) is 4.57 Å². The topological polar surface area (TPSA) is 77.7 Å². The van der Waals surface area contributed by atoms with E-state index in [-0.39, 0.29) is 22.8 Å². The number of sulfone groups is 1. The predicted molar refractivity (Wildman–Crippen MR) is 116 cm³/mol. The molecule has 0 unspecified atom stereocenters. The number of para-hydroxylation sites is 1. The third-order valence-corrected chi connectivity index (χ3v) is 6.71. The molecule has 2 aromatic carbocycles. The van der Waals surface area contributed by atoms with Crippen LogP contribution in [0, 0.1) is 12.4 Å². The van der Waals surface area contributed by atoms with E-state index in [9.17, 15) is 17.6 Å². The van der Waals surface area contributed by atoms with Crippen LogP contribution in [-0.4, -0.2) is 18.7 Å². The lowest BCUT2D eigenvalue weighted by Gasteiger charge is -2.15. The molecule has 0 bridgehead atoms. The molecule has 1 aliphatic heterocycles. The van der Waals surface area contributed by atoms with E-state index in [1.165, 1.54) is 16.7 Å². The molecule has 159 valence electrons. The molecular weight excluding hydrogens is 419 g/mol. The van der Waals surface area contributed by atoms with Gasteiger partial charge in [0.1, 0.15) is 11.1 Å². The van der Waals surface area contributed by atoms with Gasteiger partial charge in [-0.05, 0) is 35.9 Å². The minimum absolute atomic E-state index is 0.0205. The third-order valence-electron chi connectivity index (χ3n) is 5.05. The molecule has 4 rings (SSSR count). The molecule has 6 nitrogen and oxygen atoms in total. The number of benzene rings is 2. The van der Waals surface area contributed by atoms with Crippen LogP contribution in [0.4, 0.5) is 4.39 Å². The van der Waals surface area contributed by atoms with Crippen LogP contribution < -0.4 is 20.9 Å². The molecule has 2 heterocycles. The van der Waals surface area contributed by atoms with Gasteiger partial charge in [-0.2, -0.15) is 0 Å². The zero-order valence-electron chi connectivity index (χ0n) is 17.0. The second-order valence-electron chi connectivity index (χ2n) is 7.21. The summed E-state index contributed by atoms with van der Waals surface area (Å²) in [6, 6.07) is 11.0. The van der Waals surface area contributed by atoms with E-state index < -0.39 is 15.7 Å². The van der Waals surface area contributed by atoms with Gasteiger partial charge in [-0.1, -0.05) is 25.1 Å². The second kappa shape index (κ2) is 8.11. The summed E-state index contributed by atoms with van der Waals surface area (Å²) >= 11 is 0. The lowest BCUT2D eigenvalue weighted by Crippen LogP contribution is -2.43. The van der Waals surface area contributed by atoms with Gasteiger partial charge in [-0.15, -0.1) is 0 Å². The summed E-state index contributed by atoms with van der Waals surface area (Å²) in [6.45, 7) is 3.14. The first kappa shape index (κ1) is 21.0. The lowest BCUT2D eigenvalue weighted by atomic mass is 10.0. The molecular formula is C23H20FN2O4S. The number of aromatic nitrogens is 1. The Morgan fingerprint density at radius 3 is 2.61 bits per heavy atom. The maximum Gasteiger partial charge on any atom is 0.276 e. The van der Waals surface area contributed by atoms with Gasteiger partial charge in [0.15, 0.2) is 21.4 Å². The van der Waals surface area contributed by atoms with Crippen LogP contribution in [0.5, 0.6) is 11.5 Å². The quantitative estimate of drug-likeness (QED) is 0.591. The number of rotatable bonds is 6. The fourth-order valence-electron chi connectivity index (χ4n) is 3.39. The van der Waals surface area contributed by atoms with Crippen molar-refractivity contribution in [2.45, 2.75) is 12.7 Å². The van der Waals surface area contributed by atoms with Gasteiger partial charge >= 0.3 is 0 Å². The van der Waals surface area contributed by atoms with Crippen LogP contribution in [0.3, 0.4) is 0 Å². The zero-order valence-corrected chi connectivity index (χ0v) is 17.8. The monoisotopic (exact) mass is 439 g/mol. The maximum atomic E-state index is 14.2. The van der Waals surface area contributed by atoms with Crippen molar-refractivity contribution in [1.29, 1.82) is 0 Å². The van der Waals surface area contributed by atoms with Gasteiger partial charge in [-0.25, -0.2) is 12.8 Å². The normalized spacial score (nSPS) is 12.7. The number of ether oxygens (including phenoxy) is 1. The minimum atomic E-state index is -3.26. The molecule has 3 aromatic rings. The summed E-state index contributed by atoms with van der Waals surface area (Å²) in [5.74, 6) is -0.257. The molecule has 0 fully saturated rings. The molecule has 0 aliphatic carbocycles. The Kier molecular flexibility index (Phi) is 5.49. The molecule has 0 N–H and O–H groups in total. The number of fused-ring (bicyclic) bond motifs is 1. The number of aryl methyl sites for hydroxylation is 1. The Hall–Kier alpha value is -3.26. The Morgan fingerprint density at radius 1 is 1.10 bits per heavy atom. The van der Waals surface area contributed by atoms with E-state index >= 15 is 0 Å². The van der Waals surface area contributed by atoms with Gasteiger partial charge in [0.25, 0.3) is 5.56 Å². The summed E-state index contributed by atoms with van der Waals surface area (Å²) < 4.78 is 45.8. The summed E-state index contributed by atoms with van der Waals surface area (Å²) in [6.07, 6.45) is 3.36. The van der Waals surface area contributed by atoms with Crippen LogP contribution >= 0.6 is 0 Å². The lowest BCUT2D eigenvalue weighted by molar-refractivity contribution is 0.443. The van der Waals surface area contributed by atoms with Gasteiger partial charge < -0.3 is 9.30 Å². The Bertz CT molecular complexity index is 1460. The number of hydrogen-bond acceptors (Lipinski definition) is 5. The fraction of sp³-hybridized carbons (Fsp3) is 0.174. The molecule has 0 spiro atoms. The SMILES string of the molecule is CCS(=O)(=O)Cc1ccc(Oc2ccccc2F)c(-c2cn(C)c(=O)c3c2=C[CH]N=3)c1. The van der Waals surface area contributed by atoms with Crippen molar-refractivity contribution in [3.05, 3.63) is 87.5 Å². The largest absolute Gasteiger partial charge is 0.454 e. The molecule has 8 heteroatoms. The second-order valence-corrected chi connectivity index (χ2v) is 9.56. The van der Waals surface area contributed by atoms with E-state index in [1.54, 1.807) is 63.1 Å². The highest BCUT2D eigenvalue weighted by molar-refractivity contribution is 7.90. The van der Waals surface area contributed by atoms with E-state index in [4.69, 9.17) is 4.74 Å². The first-order valence-electron chi connectivity index (χ1n) is 9.66. The van der Waals surface area contributed by atoms with Gasteiger partial charge in [0.05, 0.1) is 12.3 Å². The van der Waals surface area contributed by atoms with Crippen LogP contribution in [-0.2, 0) is 22.6 Å². The van der Waals surface area contributed by atoms with Gasteiger partial charge in [0.2, 0.25) is 0 Å². The summed E-state index contributed by atoms with van der Waals surface area (Å²) in [4.78, 5) is 16.6. The van der Waals surface area contributed by atoms with Gasteiger partial charge in [-0.3, -0.25) is 9.79 Å². The molecule has 1 aromatic heterocycles. The maximum absolute atomic E-state index is 14.2. The molecule has 0 saturated carbocycles. The Balaban J connectivity index is 1.94. The standard InChI is InChI=1S/C23H20FN2O4S/c1-3-31(28,29)14-15-8-9-20(30-21-7-5-4-6-19(21)24)17(12-15)18-13-26(2)23(27)22-16(18)10-11-25-22/h4-13H,3,14H2,1-2H3. The van der Waals surface area contributed by atoms with E-state index in [0.717, 1.165) is 0 Å². The van der Waals surface area contributed by atoms with Crippen LogP contribution in [0.1, 0.15) is 12.5 Å². The molecule has 0 atom stereocenters. The highest BCUT2D eigenvalue weighted by atomic mass is 32.2. The Labute approximate surface area is 178 Å². The number of hydrogen-bond donors (Lipinski definition) is 0. The van der Waals surface area contributed by atoms with E-state index in [1.807, 2.05) is 0 Å². The van der Waals surface area contributed by atoms with Crippen molar-refractivity contribution >= 4 is 15.9 Å². The highest BCUT2D eigenvalue weighted by Gasteiger charge is 2.18. The first-order chi connectivity index (χ1) is 14.8. The summed E-state index contributed by atoms with van der Waals surface area (Å²) in [7, 11) is -1.65. The fourth-order valence-corrected chi connectivity index (χ4v) is 4.29. The van der Waals surface area contributed by atoms with Crippen LogP contribution in [0.15, 0.2) is 58.4 Å². The minimum Gasteiger partial charge on any atom is -0.454 e. The zero-order chi connectivity index (χ0) is 22.2. The molecule has 1 aliphatic rings. The highest BCUT2D eigenvalue weighted by Crippen LogP contribution is 2.34. The van der Waals surface area contributed by atoms with E-state index in [2.05, 4.69) is 4.99 Å². The summed E-state index contributed by atoms with van der Waals surface area (Å²) in [5, 5.41) is 0.903. The van der Waals surface area contributed by atoms with Gasteiger partial charge in [0, 0.05) is 35.3 Å². The number of halogens is 1.